The summed E-state index contributed by atoms with van der Waals surface area (Å²) in [5.74, 6) is 0.511. The molecule has 0 spiro atoms. The van der Waals surface area contributed by atoms with Crippen LogP contribution in [0.25, 0.3) is 22.2 Å². The number of H-pyrrole nitrogens is 1. The van der Waals surface area contributed by atoms with E-state index in [1.54, 1.807) is 19.2 Å². The van der Waals surface area contributed by atoms with Gasteiger partial charge in [0.2, 0.25) is 5.91 Å². The molecule has 4 aromatic rings. The number of hydrogen-bond acceptors (Lipinski definition) is 8. The summed E-state index contributed by atoms with van der Waals surface area (Å²) in [4.78, 5) is 53.0. The summed E-state index contributed by atoms with van der Waals surface area (Å²) in [6, 6.07) is 14.7. The molecule has 0 atom stereocenters. The number of aromatic amines is 1. The first-order valence-electron chi connectivity index (χ1n) is 17.0. The number of hydrogen-bond donors (Lipinski definition) is 3. The monoisotopic (exact) mass is 793 g/mol. The lowest BCUT2D eigenvalue weighted by Gasteiger charge is -2.32. The first-order chi connectivity index (χ1) is 24.0. The molecule has 1 aromatic heterocycles. The normalized spacial score (nSPS) is 12.3. The SMILES string of the molecule is CNC.COc1c(-c2cccc3[nH]c(C)nc23)ccc(C(=O)N(C)c2ccc(C)cc2OCCCCCC(=O)N2CCN(C)CC2)c1C(N)=O.Cl.Cl.Cl. The predicted octanol–water partition coefficient (Wildman–Crippen LogP) is 6.05. The fourth-order valence-corrected chi connectivity index (χ4v) is 6.06. The van der Waals surface area contributed by atoms with E-state index in [2.05, 4.69) is 27.2 Å². The molecule has 5 rings (SSSR count). The van der Waals surface area contributed by atoms with Crippen LogP contribution in [-0.4, -0.2) is 106 Å². The zero-order chi connectivity index (χ0) is 36.4. The maximum Gasteiger partial charge on any atom is 0.259 e. The van der Waals surface area contributed by atoms with Gasteiger partial charge in [0, 0.05) is 50.8 Å². The van der Waals surface area contributed by atoms with Crippen LogP contribution in [0.15, 0.2) is 48.5 Å². The van der Waals surface area contributed by atoms with Gasteiger partial charge in [0.15, 0.2) is 0 Å². The van der Waals surface area contributed by atoms with Crippen LogP contribution in [0.4, 0.5) is 5.69 Å². The van der Waals surface area contributed by atoms with Crippen molar-refractivity contribution < 1.29 is 23.9 Å². The number of anilines is 1. The smallest absolute Gasteiger partial charge is 0.259 e. The second-order valence-electron chi connectivity index (χ2n) is 12.6. The highest BCUT2D eigenvalue weighted by Crippen LogP contribution is 2.39. The molecule has 1 aliphatic heterocycles. The molecule has 4 N–H and O–H groups in total. The molecule has 53 heavy (non-hydrogen) atoms. The topological polar surface area (TPSA) is 146 Å². The number of aromatic nitrogens is 2. The zero-order valence-electron chi connectivity index (χ0n) is 31.6. The van der Waals surface area contributed by atoms with Crippen molar-refractivity contribution in [3.05, 3.63) is 71.0 Å². The number of fused-ring (bicyclic) bond motifs is 1. The van der Waals surface area contributed by atoms with E-state index in [0.717, 1.165) is 73.4 Å². The van der Waals surface area contributed by atoms with Crippen molar-refractivity contribution in [2.24, 2.45) is 5.73 Å². The molecule has 1 aliphatic rings. The van der Waals surface area contributed by atoms with Crippen LogP contribution in [0.2, 0.25) is 0 Å². The van der Waals surface area contributed by atoms with Gasteiger partial charge in [-0.3, -0.25) is 14.4 Å². The Labute approximate surface area is 331 Å². The predicted molar refractivity (Wildman–Crippen MR) is 220 cm³/mol. The van der Waals surface area contributed by atoms with Crippen LogP contribution < -0.4 is 25.4 Å². The van der Waals surface area contributed by atoms with Crippen molar-refractivity contribution in [2.45, 2.75) is 39.5 Å². The van der Waals surface area contributed by atoms with Gasteiger partial charge in [-0.05, 0) is 90.1 Å². The maximum atomic E-state index is 14.0. The average Bonchev–Trinajstić information content (AvgIpc) is 3.49. The minimum Gasteiger partial charge on any atom is -0.495 e. The Morgan fingerprint density at radius 2 is 1.62 bits per heavy atom. The molecule has 0 unspecified atom stereocenters. The Hall–Kier alpha value is -4.07. The number of nitrogens with zero attached hydrogens (tertiary/aromatic N) is 4. The molecule has 12 nitrogen and oxygen atoms in total. The number of primary amides is 1. The summed E-state index contributed by atoms with van der Waals surface area (Å²) in [7, 11) is 8.92. The van der Waals surface area contributed by atoms with Gasteiger partial charge >= 0.3 is 0 Å². The number of benzene rings is 3. The second-order valence-corrected chi connectivity index (χ2v) is 12.6. The van der Waals surface area contributed by atoms with Gasteiger partial charge in [-0.15, -0.1) is 37.2 Å². The number of rotatable bonds is 12. The Balaban J connectivity index is 0.00000226. The standard InChI is InChI=1S/C36H44N6O5.C2H7N.3ClH/c1-23-13-16-29(30(22-23)47-21-8-6-7-12-31(43)42-19-17-40(3)18-20-42)41(4)36(45)27-15-14-26(34(46-5)32(27)35(37)44)25-10-9-11-28-33(25)39-24(2)38-28;1-3-2;;;/h9-11,13-16,22H,6-8,12,17-21H2,1-5H3,(H2,37,44)(H,38,39);3H,1-2H3;3*1H. The fourth-order valence-electron chi connectivity index (χ4n) is 6.06. The lowest BCUT2D eigenvalue weighted by molar-refractivity contribution is -0.132. The lowest BCUT2D eigenvalue weighted by atomic mass is 9.95. The number of carbonyl (C=O) groups is 3. The minimum absolute atomic E-state index is 0. The molecule has 15 heteroatoms. The molecule has 3 aromatic carbocycles. The van der Waals surface area contributed by atoms with E-state index >= 15 is 0 Å². The van der Waals surface area contributed by atoms with E-state index in [1.165, 1.54) is 12.0 Å². The summed E-state index contributed by atoms with van der Waals surface area (Å²) in [6.07, 6.45) is 2.97. The molecule has 292 valence electrons. The van der Waals surface area contributed by atoms with Crippen molar-refractivity contribution in [3.8, 4) is 22.6 Å². The van der Waals surface area contributed by atoms with Gasteiger partial charge in [0.1, 0.15) is 17.3 Å². The first kappa shape index (κ1) is 47.0. The van der Waals surface area contributed by atoms with Gasteiger partial charge in [-0.25, -0.2) is 4.98 Å². The lowest BCUT2D eigenvalue weighted by Crippen LogP contribution is -2.47. The van der Waals surface area contributed by atoms with Crippen LogP contribution in [0.3, 0.4) is 0 Å². The van der Waals surface area contributed by atoms with Crippen molar-refractivity contribution in [2.75, 3.05) is 73.0 Å². The van der Waals surface area contributed by atoms with Gasteiger partial charge in [-0.1, -0.05) is 18.2 Å². The van der Waals surface area contributed by atoms with Crippen molar-refractivity contribution in [1.29, 1.82) is 0 Å². The molecule has 1 saturated heterocycles. The number of nitrogens with two attached hydrogens (primary N) is 1. The number of unbranched alkanes of at least 4 members (excludes halogenated alkanes) is 2. The van der Waals surface area contributed by atoms with Crippen LogP contribution in [0.5, 0.6) is 11.5 Å². The molecule has 2 heterocycles. The van der Waals surface area contributed by atoms with E-state index in [9.17, 15) is 14.4 Å². The number of aryl methyl sites for hydroxylation is 2. The van der Waals surface area contributed by atoms with E-state index in [1.807, 2.05) is 69.2 Å². The molecule has 0 aliphatic carbocycles. The summed E-state index contributed by atoms with van der Waals surface area (Å²) in [5.41, 5.74) is 10.4. The van der Waals surface area contributed by atoms with Gasteiger partial charge in [0.25, 0.3) is 11.8 Å². The Morgan fingerprint density at radius 1 is 0.943 bits per heavy atom. The number of amides is 3. The van der Waals surface area contributed by atoms with E-state index in [0.29, 0.717) is 30.0 Å². The summed E-state index contributed by atoms with van der Waals surface area (Å²) in [6.45, 7) is 7.68. The van der Waals surface area contributed by atoms with Crippen molar-refractivity contribution in [3.63, 3.8) is 0 Å². The third-order valence-corrected chi connectivity index (χ3v) is 8.69. The van der Waals surface area contributed by atoms with Gasteiger partial charge < -0.3 is 40.2 Å². The Bertz CT molecular complexity index is 1810. The Morgan fingerprint density at radius 3 is 2.26 bits per heavy atom. The molecule has 1 fully saturated rings. The zero-order valence-corrected chi connectivity index (χ0v) is 34.1. The molecular formula is C38H54Cl3N7O5. The number of para-hydroxylation sites is 1. The molecule has 0 saturated carbocycles. The summed E-state index contributed by atoms with van der Waals surface area (Å²) >= 11 is 0. The quantitative estimate of drug-likeness (QED) is 0.147. The second kappa shape index (κ2) is 22.2. The molecular weight excluding hydrogens is 741 g/mol. The minimum atomic E-state index is -0.780. The van der Waals surface area contributed by atoms with Crippen molar-refractivity contribution in [1.82, 2.24) is 25.1 Å². The van der Waals surface area contributed by atoms with Crippen LogP contribution in [0, 0.1) is 13.8 Å². The van der Waals surface area contributed by atoms with E-state index in [4.69, 9.17) is 15.2 Å². The number of halogens is 3. The van der Waals surface area contributed by atoms with Crippen LogP contribution >= 0.6 is 37.2 Å². The van der Waals surface area contributed by atoms with E-state index < -0.39 is 11.8 Å². The molecule has 3 amide bonds. The third kappa shape index (κ3) is 11.7. The molecule has 0 bridgehead atoms. The third-order valence-electron chi connectivity index (χ3n) is 8.69. The number of methoxy groups -OCH3 is 1. The summed E-state index contributed by atoms with van der Waals surface area (Å²) < 4.78 is 11.9. The number of piperazine rings is 1. The fraction of sp³-hybridized carbons (Fsp3) is 0.421. The number of likely N-dealkylation sites (N-methyl/N-ethyl adjacent to an activating group) is 1. The highest BCUT2D eigenvalue weighted by atomic mass is 35.5. The van der Waals surface area contributed by atoms with Crippen molar-refractivity contribution >= 4 is 71.7 Å². The Kier molecular flexibility index (Phi) is 19.7. The number of ether oxygens (including phenoxy) is 2. The summed E-state index contributed by atoms with van der Waals surface area (Å²) in [5, 5.41) is 2.75. The van der Waals surface area contributed by atoms with Gasteiger partial charge in [0.05, 0.1) is 41.6 Å². The average molecular weight is 795 g/mol. The maximum absolute atomic E-state index is 14.0. The number of carbonyl (C=O) groups excluding carboxylic acids is 3. The van der Waals surface area contributed by atoms with Crippen LogP contribution in [0.1, 0.15) is 57.8 Å². The van der Waals surface area contributed by atoms with Crippen LogP contribution in [-0.2, 0) is 4.79 Å². The molecule has 0 radical (unpaired) electrons. The van der Waals surface area contributed by atoms with Gasteiger partial charge in [-0.2, -0.15) is 0 Å². The highest BCUT2D eigenvalue weighted by Gasteiger charge is 2.28. The van der Waals surface area contributed by atoms with E-state index in [-0.39, 0.29) is 60.0 Å². The number of imidazole rings is 1. The largest absolute Gasteiger partial charge is 0.495 e. The first-order valence-corrected chi connectivity index (χ1v) is 17.0. The highest BCUT2D eigenvalue weighted by molar-refractivity contribution is 6.15. The number of nitrogens with one attached hydrogen (secondary N) is 2.